The summed E-state index contributed by atoms with van der Waals surface area (Å²) in [5, 5.41) is -0.166. The van der Waals surface area contributed by atoms with Gasteiger partial charge in [0, 0.05) is 6.54 Å². The van der Waals surface area contributed by atoms with Crippen molar-refractivity contribution in [2.24, 2.45) is 0 Å². The van der Waals surface area contributed by atoms with E-state index in [1.54, 1.807) is 0 Å². The Morgan fingerprint density at radius 1 is 1.04 bits per heavy atom. The number of unbranched alkanes of at least 4 members (excludes halogenated alkanes) is 1. The zero-order valence-electron chi connectivity index (χ0n) is 13.4. The van der Waals surface area contributed by atoms with Gasteiger partial charge in [-0.1, -0.05) is 18.9 Å². The van der Waals surface area contributed by atoms with E-state index in [-0.39, 0.29) is 5.25 Å². The Hall–Kier alpha value is -1.27. The van der Waals surface area contributed by atoms with Gasteiger partial charge in [0.05, 0.1) is 5.25 Å². The number of rotatable bonds is 7. The Labute approximate surface area is 138 Å². The van der Waals surface area contributed by atoms with Crippen LogP contribution in [0.15, 0.2) is 18.2 Å². The number of nitrogens with one attached hydrogen (secondary N) is 1. The number of hydrogen-bond acceptors (Lipinski definition) is 4. The van der Waals surface area contributed by atoms with Gasteiger partial charge in [-0.2, -0.15) is 0 Å². The van der Waals surface area contributed by atoms with Gasteiger partial charge >= 0.3 is 0 Å². The minimum Gasteiger partial charge on any atom is -0.486 e. The molecule has 1 aromatic carbocycles. The lowest BCUT2D eigenvalue weighted by molar-refractivity contribution is 0.171. The van der Waals surface area contributed by atoms with Crippen molar-refractivity contribution in [2.75, 3.05) is 19.8 Å². The van der Waals surface area contributed by atoms with E-state index in [1.807, 2.05) is 12.1 Å². The molecule has 1 N–H and O–H groups in total. The van der Waals surface area contributed by atoms with Crippen LogP contribution in [0.5, 0.6) is 11.5 Å². The molecule has 1 aliphatic carbocycles. The van der Waals surface area contributed by atoms with Gasteiger partial charge in [-0.15, -0.1) is 0 Å². The van der Waals surface area contributed by atoms with Crippen molar-refractivity contribution in [3.8, 4) is 11.5 Å². The predicted molar refractivity (Wildman–Crippen MR) is 89.5 cm³/mol. The first-order valence-electron chi connectivity index (χ1n) is 8.52. The summed E-state index contributed by atoms with van der Waals surface area (Å²) >= 11 is 0. The smallest absolute Gasteiger partial charge is 0.214 e. The molecule has 3 rings (SSSR count). The van der Waals surface area contributed by atoms with Crippen LogP contribution in [0.4, 0.5) is 0 Å². The number of ether oxygens (including phenoxy) is 2. The minimum absolute atomic E-state index is 0.166. The maximum absolute atomic E-state index is 12.1. The van der Waals surface area contributed by atoms with Gasteiger partial charge in [-0.05, 0) is 49.8 Å². The SMILES string of the molecule is O=S(=O)(NCCCCc1ccc2c(c1)OCCO2)C1CCCC1. The quantitative estimate of drug-likeness (QED) is 0.776. The molecule has 5 nitrogen and oxygen atoms in total. The average Bonchev–Trinajstić information content (AvgIpc) is 3.10. The molecule has 0 amide bonds. The third kappa shape index (κ3) is 4.38. The molecule has 0 unspecified atom stereocenters. The summed E-state index contributed by atoms with van der Waals surface area (Å²) in [5.41, 5.74) is 1.20. The van der Waals surface area contributed by atoms with Gasteiger partial charge in [-0.3, -0.25) is 0 Å². The third-order valence-corrected chi connectivity index (χ3v) is 6.50. The molecule has 6 heteroatoms. The highest BCUT2D eigenvalue weighted by molar-refractivity contribution is 7.90. The van der Waals surface area contributed by atoms with Gasteiger partial charge in [0.1, 0.15) is 13.2 Å². The van der Waals surface area contributed by atoms with Gasteiger partial charge in [-0.25, -0.2) is 13.1 Å². The summed E-state index contributed by atoms with van der Waals surface area (Å²) in [4.78, 5) is 0. The number of hydrogen-bond donors (Lipinski definition) is 1. The first-order chi connectivity index (χ1) is 11.1. The predicted octanol–water partition coefficient (Wildman–Crippen LogP) is 2.64. The van der Waals surface area contributed by atoms with Crippen molar-refractivity contribution in [1.29, 1.82) is 0 Å². The first-order valence-corrected chi connectivity index (χ1v) is 10.1. The zero-order valence-corrected chi connectivity index (χ0v) is 14.2. The summed E-state index contributed by atoms with van der Waals surface area (Å²) in [6.07, 6.45) is 6.42. The summed E-state index contributed by atoms with van der Waals surface area (Å²) < 4.78 is 38.0. The van der Waals surface area contributed by atoms with Gasteiger partial charge in [0.15, 0.2) is 11.5 Å². The summed E-state index contributed by atoms with van der Waals surface area (Å²) in [6, 6.07) is 6.03. The molecule has 0 atom stereocenters. The Balaban J connectivity index is 1.40. The van der Waals surface area contributed by atoms with Crippen molar-refractivity contribution in [2.45, 2.75) is 50.2 Å². The lowest BCUT2D eigenvalue weighted by Crippen LogP contribution is -2.33. The fraction of sp³-hybridized carbons (Fsp3) is 0.647. The third-order valence-electron chi connectivity index (χ3n) is 4.54. The normalized spacial score (nSPS) is 18.3. The van der Waals surface area contributed by atoms with Crippen LogP contribution >= 0.6 is 0 Å². The molecule has 1 heterocycles. The van der Waals surface area contributed by atoms with E-state index in [1.165, 1.54) is 5.56 Å². The van der Waals surface area contributed by atoms with E-state index in [0.717, 1.165) is 56.4 Å². The molecule has 0 spiro atoms. The molecule has 128 valence electrons. The molecule has 2 aliphatic rings. The second-order valence-corrected chi connectivity index (χ2v) is 8.33. The van der Waals surface area contributed by atoms with Crippen LogP contribution in [-0.4, -0.2) is 33.4 Å². The van der Waals surface area contributed by atoms with E-state index in [0.29, 0.717) is 19.8 Å². The Bertz CT molecular complexity index is 623. The van der Waals surface area contributed by atoms with Crippen LogP contribution in [0.1, 0.15) is 44.1 Å². The average molecular weight is 339 g/mol. The molecule has 0 bridgehead atoms. The highest BCUT2D eigenvalue weighted by Gasteiger charge is 2.27. The largest absolute Gasteiger partial charge is 0.486 e. The maximum Gasteiger partial charge on any atom is 0.214 e. The lowest BCUT2D eigenvalue weighted by Gasteiger charge is -2.18. The van der Waals surface area contributed by atoms with Gasteiger partial charge in [0.2, 0.25) is 10.0 Å². The van der Waals surface area contributed by atoms with E-state index in [9.17, 15) is 8.42 Å². The van der Waals surface area contributed by atoms with Gasteiger partial charge < -0.3 is 9.47 Å². The standard InChI is InChI=1S/C17H25NO4S/c19-23(20,15-6-1-2-7-15)18-10-4-3-5-14-8-9-16-17(13-14)22-12-11-21-16/h8-9,13,15,18H,1-7,10-12H2. The second kappa shape index (κ2) is 7.53. The van der Waals surface area contributed by atoms with E-state index < -0.39 is 10.0 Å². The summed E-state index contributed by atoms with van der Waals surface area (Å²) in [7, 11) is -3.10. The number of sulfonamides is 1. The first kappa shape index (κ1) is 16.6. The van der Waals surface area contributed by atoms with Crippen LogP contribution in [0.3, 0.4) is 0 Å². The molecular formula is C17H25NO4S. The van der Waals surface area contributed by atoms with E-state index in [4.69, 9.17) is 9.47 Å². The molecule has 0 saturated heterocycles. The van der Waals surface area contributed by atoms with Crippen LogP contribution in [0.25, 0.3) is 0 Å². The van der Waals surface area contributed by atoms with E-state index in [2.05, 4.69) is 10.8 Å². The highest BCUT2D eigenvalue weighted by Crippen LogP contribution is 2.31. The monoisotopic (exact) mass is 339 g/mol. The Kier molecular flexibility index (Phi) is 5.43. The molecule has 1 aliphatic heterocycles. The molecule has 1 aromatic rings. The van der Waals surface area contributed by atoms with Crippen LogP contribution < -0.4 is 14.2 Å². The number of benzene rings is 1. The molecule has 1 fully saturated rings. The highest BCUT2D eigenvalue weighted by atomic mass is 32.2. The topological polar surface area (TPSA) is 64.6 Å². The zero-order chi connectivity index (χ0) is 16.1. The molecule has 1 saturated carbocycles. The fourth-order valence-corrected chi connectivity index (χ4v) is 4.85. The number of fused-ring (bicyclic) bond motifs is 1. The molecule has 23 heavy (non-hydrogen) atoms. The summed E-state index contributed by atoms with van der Waals surface area (Å²) in [5.74, 6) is 1.63. The number of aryl methyl sites for hydroxylation is 1. The van der Waals surface area contributed by atoms with Gasteiger partial charge in [0.25, 0.3) is 0 Å². The fourth-order valence-electron chi connectivity index (χ4n) is 3.23. The molecule has 0 aromatic heterocycles. The van der Waals surface area contributed by atoms with Crippen molar-refractivity contribution in [1.82, 2.24) is 4.72 Å². The van der Waals surface area contributed by atoms with Crippen molar-refractivity contribution in [3.05, 3.63) is 23.8 Å². The van der Waals surface area contributed by atoms with Crippen LogP contribution in [-0.2, 0) is 16.4 Å². The minimum atomic E-state index is -3.10. The van der Waals surface area contributed by atoms with Crippen molar-refractivity contribution >= 4 is 10.0 Å². The van der Waals surface area contributed by atoms with Crippen LogP contribution in [0.2, 0.25) is 0 Å². The second-order valence-electron chi connectivity index (χ2n) is 6.28. The Morgan fingerprint density at radius 3 is 2.57 bits per heavy atom. The lowest BCUT2D eigenvalue weighted by atomic mass is 10.1. The molecule has 0 radical (unpaired) electrons. The molecular weight excluding hydrogens is 314 g/mol. The Morgan fingerprint density at radius 2 is 1.78 bits per heavy atom. The summed E-state index contributed by atoms with van der Waals surface area (Å²) in [6.45, 7) is 1.73. The van der Waals surface area contributed by atoms with Crippen molar-refractivity contribution < 1.29 is 17.9 Å². The van der Waals surface area contributed by atoms with Crippen LogP contribution in [0, 0.1) is 0 Å². The maximum atomic E-state index is 12.1. The van der Waals surface area contributed by atoms with E-state index >= 15 is 0 Å². The van der Waals surface area contributed by atoms with Crippen molar-refractivity contribution in [3.63, 3.8) is 0 Å².